The van der Waals surface area contributed by atoms with Crippen LogP contribution in [0.3, 0.4) is 0 Å². The first-order valence-electron chi connectivity index (χ1n) is 7.02. The second-order valence-electron chi connectivity index (χ2n) is 4.76. The second kappa shape index (κ2) is 8.03. The molecule has 0 aliphatic carbocycles. The number of hydrogen-bond acceptors (Lipinski definition) is 4. The number of nitrogens with one attached hydrogen (secondary N) is 1. The maximum absolute atomic E-state index is 8.47. The van der Waals surface area contributed by atoms with Crippen molar-refractivity contribution in [3.63, 3.8) is 0 Å². The molecule has 1 aromatic carbocycles. The lowest BCUT2D eigenvalue weighted by Crippen LogP contribution is -2.21. The molecule has 0 bridgehead atoms. The van der Waals surface area contributed by atoms with Crippen LogP contribution in [0.2, 0.25) is 0 Å². The Labute approximate surface area is 125 Å². The number of rotatable bonds is 7. The predicted octanol–water partition coefficient (Wildman–Crippen LogP) is 2.88. The number of pyridine rings is 1. The van der Waals surface area contributed by atoms with Gasteiger partial charge in [0.1, 0.15) is 11.8 Å². The maximum atomic E-state index is 8.47. The first-order valence-corrected chi connectivity index (χ1v) is 7.02. The molecule has 1 heterocycles. The molecule has 0 fully saturated rings. The standard InChI is InChI=1S/C17H19N3O/c1-14(19-12-9-16-4-2-3-11-20-16)15-5-7-17(8-6-15)21-13-10-18/h2-8,11,14,19H,9,12-13H2,1H3. The molecule has 4 heteroatoms. The van der Waals surface area contributed by atoms with Crippen molar-refractivity contribution in [1.29, 1.82) is 5.26 Å². The first-order chi connectivity index (χ1) is 10.3. The van der Waals surface area contributed by atoms with Crippen molar-refractivity contribution in [3.05, 3.63) is 59.9 Å². The number of nitrogens with zero attached hydrogens (tertiary/aromatic N) is 2. The minimum atomic E-state index is 0.0806. The Morgan fingerprint density at radius 3 is 2.71 bits per heavy atom. The summed E-state index contributed by atoms with van der Waals surface area (Å²) >= 11 is 0. The quantitative estimate of drug-likeness (QED) is 0.848. The number of aromatic nitrogens is 1. The second-order valence-corrected chi connectivity index (χ2v) is 4.76. The Bertz CT molecular complexity index is 575. The molecule has 21 heavy (non-hydrogen) atoms. The highest BCUT2D eigenvalue weighted by Gasteiger charge is 2.05. The van der Waals surface area contributed by atoms with Gasteiger partial charge in [-0.15, -0.1) is 0 Å². The zero-order valence-corrected chi connectivity index (χ0v) is 12.1. The van der Waals surface area contributed by atoms with Gasteiger partial charge in [0, 0.05) is 30.9 Å². The fraction of sp³-hybridized carbons (Fsp3) is 0.294. The van der Waals surface area contributed by atoms with Gasteiger partial charge in [0.15, 0.2) is 6.61 Å². The smallest absolute Gasteiger partial charge is 0.174 e. The normalized spacial score (nSPS) is 11.6. The number of nitriles is 1. The van der Waals surface area contributed by atoms with Crippen LogP contribution < -0.4 is 10.1 Å². The molecule has 1 aromatic heterocycles. The molecule has 2 rings (SSSR count). The minimum absolute atomic E-state index is 0.0806. The molecule has 1 unspecified atom stereocenters. The minimum Gasteiger partial charge on any atom is -0.479 e. The molecule has 0 aliphatic heterocycles. The van der Waals surface area contributed by atoms with E-state index >= 15 is 0 Å². The van der Waals surface area contributed by atoms with E-state index < -0.39 is 0 Å². The Morgan fingerprint density at radius 1 is 1.24 bits per heavy atom. The Hall–Kier alpha value is -2.38. The van der Waals surface area contributed by atoms with Gasteiger partial charge in [0.25, 0.3) is 0 Å². The summed E-state index contributed by atoms with van der Waals surface area (Å²) in [6.45, 7) is 3.09. The van der Waals surface area contributed by atoms with Crippen molar-refractivity contribution in [2.45, 2.75) is 19.4 Å². The summed E-state index contributed by atoms with van der Waals surface area (Å²) in [5.41, 5.74) is 2.29. The Balaban J connectivity index is 1.80. The van der Waals surface area contributed by atoms with Gasteiger partial charge in [-0.25, -0.2) is 0 Å². The van der Waals surface area contributed by atoms with Crippen molar-refractivity contribution in [3.8, 4) is 11.8 Å². The van der Waals surface area contributed by atoms with Gasteiger partial charge in [-0.3, -0.25) is 4.98 Å². The van der Waals surface area contributed by atoms with Crippen molar-refractivity contribution in [2.75, 3.05) is 13.2 Å². The summed E-state index contributed by atoms with van der Waals surface area (Å²) in [5.74, 6) is 0.723. The van der Waals surface area contributed by atoms with Crippen LogP contribution in [0.4, 0.5) is 0 Å². The first kappa shape index (κ1) is 15.0. The molecule has 0 saturated carbocycles. The Morgan fingerprint density at radius 2 is 2.05 bits per heavy atom. The highest BCUT2D eigenvalue weighted by atomic mass is 16.5. The summed E-state index contributed by atoms with van der Waals surface area (Å²) in [7, 11) is 0. The molecule has 1 N–H and O–H groups in total. The van der Waals surface area contributed by atoms with Crippen LogP contribution in [-0.2, 0) is 6.42 Å². The van der Waals surface area contributed by atoms with Crippen LogP contribution in [0.15, 0.2) is 48.7 Å². The van der Waals surface area contributed by atoms with Gasteiger partial charge in [0.05, 0.1) is 0 Å². The summed E-state index contributed by atoms with van der Waals surface area (Å²) in [5, 5.41) is 11.9. The molecule has 2 aromatic rings. The van der Waals surface area contributed by atoms with E-state index in [0.717, 1.165) is 24.4 Å². The average molecular weight is 281 g/mol. The number of benzene rings is 1. The molecular formula is C17H19N3O. The van der Waals surface area contributed by atoms with E-state index in [4.69, 9.17) is 10.00 Å². The fourth-order valence-electron chi connectivity index (χ4n) is 2.05. The zero-order valence-electron chi connectivity index (χ0n) is 12.1. The number of hydrogen-bond donors (Lipinski definition) is 1. The predicted molar refractivity (Wildman–Crippen MR) is 81.9 cm³/mol. The topological polar surface area (TPSA) is 57.9 Å². The SMILES string of the molecule is CC(NCCc1ccccn1)c1ccc(OCC#N)cc1. The van der Waals surface area contributed by atoms with Crippen molar-refractivity contribution in [1.82, 2.24) is 10.3 Å². The molecule has 0 spiro atoms. The molecule has 4 nitrogen and oxygen atoms in total. The van der Waals surface area contributed by atoms with Crippen LogP contribution in [0.25, 0.3) is 0 Å². The summed E-state index contributed by atoms with van der Waals surface area (Å²) < 4.78 is 5.24. The van der Waals surface area contributed by atoms with E-state index in [9.17, 15) is 0 Å². The summed E-state index contributed by atoms with van der Waals surface area (Å²) in [6.07, 6.45) is 2.73. The van der Waals surface area contributed by atoms with Crippen LogP contribution in [0.5, 0.6) is 5.75 Å². The zero-order chi connectivity index (χ0) is 14.9. The molecular weight excluding hydrogens is 262 g/mol. The highest BCUT2D eigenvalue weighted by Crippen LogP contribution is 2.17. The highest BCUT2D eigenvalue weighted by molar-refractivity contribution is 5.29. The maximum Gasteiger partial charge on any atom is 0.174 e. The molecule has 0 amide bonds. The lowest BCUT2D eigenvalue weighted by molar-refractivity contribution is 0.368. The largest absolute Gasteiger partial charge is 0.479 e. The van der Waals surface area contributed by atoms with Crippen LogP contribution >= 0.6 is 0 Å². The molecule has 0 radical (unpaired) electrons. The third kappa shape index (κ3) is 4.90. The average Bonchev–Trinajstić information content (AvgIpc) is 2.54. The van der Waals surface area contributed by atoms with E-state index in [1.165, 1.54) is 5.56 Å². The molecule has 108 valence electrons. The molecule has 1 atom stereocenters. The van der Waals surface area contributed by atoms with E-state index in [1.54, 1.807) is 0 Å². The summed E-state index contributed by atoms with van der Waals surface area (Å²) in [4.78, 5) is 4.31. The fourth-order valence-corrected chi connectivity index (χ4v) is 2.05. The van der Waals surface area contributed by atoms with Crippen molar-refractivity contribution >= 4 is 0 Å². The third-order valence-corrected chi connectivity index (χ3v) is 3.24. The van der Waals surface area contributed by atoms with Gasteiger partial charge in [0.2, 0.25) is 0 Å². The van der Waals surface area contributed by atoms with Crippen LogP contribution in [-0.4, -0.2) is 18.1 Å². The van der Waals surface area contributed by atoms with Gasteiger partial charge in [-0.1, -0.05) is 18.2 Å². The van der Waals surface area contributed by atoms with Gasteiger partial charge in [-0.2, -0.15) is 5.26 Å². The van der Waals surface area contributed by atoms with Gasteiger partial charge >= 0.3 is 0 Å². The van der Waals surface area contributed by atoms with E-state index in [-0.39, 0.29) is 12.6 Å². The molecule has 0 saturated heterocycles. The molecule has 0 aliphatic rings. The van der Waals surface area contributed by atoms with E-state index in [0.29, 0.717) is 0 Å². The van der Waals surface area contributed by atoms with Crippen molar-refractivity contribution in [2.24, 2.45) is 0 Å². The Kier molecular flexibility index (Phi) is 5.74. The summed E-state index contributed by atoms with van der Waals surface area (Å²) in [6, 6.07) is 16.0. The lowest BCUT2D eigenvalue weighted by atomic mass is 10.1. The third-order valence-electron chi connectivity index (χ3n) is 3.24. The van der Waals surface area contributed by atoms with Crippen LogP contribution in [0.1, 0.15) is 24.2 Å². The van der Waals surface area contributed by atoms with Gasteiger partial charge in [-0.05, 0) is 36.8 Å². The van der Waals surface area contributed by atoms with E-state index in [1.807, 2.05) is 54.7 Å². The lowest BCUT2D eigenvalue weighted by Gasteiger charge is -2.14. The van der Waals surface area contributed by atoms with Crippen molar-refractivity contribution < 1.29 is 4.74 Å². The van der Waals surface area contributed by atoms with E-state index in [2.05, 4.69) is 17.2 Å². The van der Waals surface area contributed by atoms with Gasteiger partial charge < -0.3 is 10.1 Å². The number of ether oxygens (including phenoxy) is 1. The monoisotopic (exact) mass is 281 g/mol. The van der Waals surface area contributed by atoms with Crippen LogP contribution in [0, 0.1) is 11.3 Å².